The van der Waals surface area contributed by atoms with Crippen LogP contribution in [-0.4, -0.2) is 9.97 Å². The maximum absolute atomic E-state index is 4.66. The molecule has 23 heavy (non-hydrogen) atoms. The molecule has 0 aliphatic carbocycles. The molecule has 2 heteroatoms. The van der Waals surface area contributed by atoms with Crippen LogP contribution in [0.15, 0.2) is 73.1 Å². The summed E-state index contributed by atoms with van der Waals surface area (Å²) >= 11 is 0. The lowest BCUT2D eigenvalue weighted by Gasteiger charge is -2.16. The molecule has 0 radical (unpaired) electrons. The van der Waals surface area contributed by atoms with Crippen molar-refractivity contribution in [3.63, 3.8) is 0 Å². The van der Waals surface area contributed by atoms with Gasteiger partial charge in [0.2, 0.25) is 0 Å². The highest BCUT2D eigenvalue weighted by molar-refractivity contribution is 5.29. The van der Waals surface area contributed by atoms with Crippen molar-refractivity contribution in [3.05, 3.63) is 95.6 Å². The Kier molecular flexibility index (Phi) is 5.15. The van der Waals surface area contributed by atoms with Gasteiger partial charge in [-0.25, -0.2) is 9.97 Å². The quantitative estimate of drug-likeness (QED) is 0.653. The summed E-state index contributed by atoms with van der Waals surface area (Å²) in [7, 11) is 0. The molecule has 0 spiro atoms. The standard InChI is InChI=1S/C21H22N2/c1-2-9-18-15-22-21(23-16-18)20(19-12-7-4-8-13-19)14-17-10-5-3-6-11-17/h3-8,10-13,15-16,20H,2,9,14H2,1H3. The van der Waals surface area contributed by atoms with Crippen LogP contribution in [0.3, 0.4) is 0 Å². The normalized spacial score (nSPS) is 12.0. The van der Waals surface area contributed by atoms with E-state index in [1.165, 1.54) is 16.7 Å². The fourth-order valence-corrected chi connectivity index (χ4v) is 2.86. The minimum Gasteiger partial charge on any atom is -0.240 e. The van der Waals surface area contributed by atoms with E-state index in [0.29, 0.717) is 0 Å². The van der Waals surface area contributed by atoms with Gasteiger partial charge in [-0.3, -0.25) is 0 Å². The zero-order valence-corrected chi connectivity index (χ0v) is 13.5. The molecule has 0 fully saturated rings. The highest BCUT2D eigenvalue weighted by Crippen LogP contribution is 2.26. The van der Waals surface area contributed by atoms with E-state index in [9.17, 15) is 0 Å². The van der Waals surface area contributed by atoms with Crippen molar-refractivity contribution in [2.24, 2.45) is 0 Å². The Morgan fingerprint density at radius 2 is 1.39 bits per heavy atom. The fraction of sp³-hybridized carbons (Fsp3) is 0.238. The minimum atomic E-state index is 0.189. The third-order valence-electron chi connectivity index (χ3n) is 4.06. The number of aryl methyl sites for hydroxylation is 1. The molecule has 0 aliphatic rings. The van der Waals surface area contributed by atoms with E-state index in [4.69, 9.17) is 0 Å². The summed E-state index contributed by atoms with van der Waals surface area (Å²) in [6.07, 6.45) is 7.03. The fourth-order valence-electron chi connectivity index (χ4n) is 2.86. The van der Waals surface area contributed by atoms with Gasteiger partial charge in [0.05, 0.1) is 0 Å². The van der Waals surface area contributed by atoms with E-state index >= 15 is 0 Å². The van der Waals surface area contributed by atoms with Crippen LogP contribution < -0.4 is 0 Å². The van der Waals surface area contributed by atoms with Gasteiger partial charge in [0, 0.05) is 18.3 Å². The molecule has 0 aliphatic heterocycles. The molecule has 1 atom stereocenters. The van der Waals surface area contributed by atoms with Crippen molar-refractivity contribution >= 4 is 0 Å². The molecule has 0 bridgehead atoms. The van der Waals surface area contributed by atoms with E-state index in [-0.39, 0.29) is 5.92 Å². The van der Waals surface area contributed by atoms with Crippen molar-refractivity contribution in [1.82, 2.24) is 9.97 Å². The second kappa shape index (κ2) is 7.68. The second-order valence-corrected chi connectivity index (χ2v) is 5.85. The minimum absolute atomic E-state index is 0.189. The van der Waals surface area contributed by atoms with Crippen LogP contribution in [0.4, 0.5) is 0 Å². The highest BCUT2D eigenvalue weighted by Gasteiger charge is 2.17. The Morgan fingerprint density at radius 3 is 2.00 bits per heavy atom. The summed E-state index contributed by atoms with van der Waals surface area (Å²) in [5, 5.41) is 0. The average molecular weight is 302 g/mol. The maximum atomic E-state index is 4.66. The Hall–Kier alpha value is -2.48. The third-order valence-corrected chi connectivity index (χ3v) is 4.06. The van der Waals surface area contributed by atoms with Crippen molar-refractivity contribution in [3.8, 4) is 0 Å². The molecule has 0 saturated heterocycles. The van der Waals surface area contributed by atoms with Crippen LogP contribution in [-0.2, 0) is 12.8 Å². The molecule has 0 saturated carbocycles. The Bertz CT molecular complexity index is 706. The van der Waals surface area contributed by atoms with Gasteiger partial charge < -0.3 is 0 Å². The zero-order valence-electron chi connectivity index (χ0n) is 13.5. The largest absolute Gasteiger partial charge is 0.240 e. The molecule has 3 rings (SSSR count). The van der Waals surface area contributed by atoms with Gasteiger partial charge in [-0.05, 0) is 29.5 Å². The molecule has 1 unspecified atom stereocenters. The van der Waals surface area contributed by atoms with Gasteiger partial charge in [-0.15, -0.1) is 0 Å². The first-order chi connectivity index (χ1) is 11.4. The van der Waals surface area contributed by atoms with Crippen LogP contribution in [0.1, 0.15) is 41.8 Å². The summed E-state index contributed by atoms with van der Waals surface area (Å²) in [5.41, 5.74) is 3.78. The summed E-state index contributed by atoms with van der Waals surface area (Å²) in [5.74, 6) is 1.09. The lowest BCUT2D eigenvalue weighted by atomic mass is 9.91. The van der Waals surface area contributed by atoms with Crippen molar-refractivity contribution in [1.29, 1.82) is 0 Å². The third kappa shape index (κ3) is 4.04. The average Bonchev–Trinajstić information content (AvgIpc) is 2.62. The molecule has 2 nitrogen and oxygen atoms in total. The number of benzene rings is 2. The molecular formula is C21H22N2. The summed E-state index contributed by atoms with van der Waals surface area (Å²) < 4.78 is 0. The monoisotopic (exact) mass is 302 g/mol. The number of nitrogens with zero attached hydrogens (tertiary/aromatic N) is 2. The Labute approximate surface area is 138 Å². The van der Waals surface area contributed by atoms with Gasteiger partial charge in [-0.1, -0.05) is 74.0 Å². The first-order valence-electron chi connectivity index (χ1n) is 8.26. The molecule has 0 amide bonds. The molecular weight excluding hydrogens is 280 g/mol. The number of hydrogen-bond donors (Lipinski definition) is 0. The van der Waals surface area contributed by atoms with Crippen molar-refractivity contribution < 1.29 is 0 Å². The molecule has 0 N–H and O–H groups in total. The molecule has 116 valence electrons. The maximum Gasteiger partial charge on any atom is 0.135 e. The molecule has 3 aromatic rings. The first-order valence-corrected chi connectivity index (χ1v) is 8.26. The smallest absolute Gasteiger partial charge is 0.135 e. The predicted molar refractivity (Wildman–Crippen MR) is 94.5 cm³/mol. The van der Waals surface area contributed by atoms with Crippen LogP contribution in [0.5, 0.6) is 0 Å². The lowest BCUT2D eigenvalue weighted by molar-refractivity contribution is 0.730. The number of aromatic nitrogens is 2. The molecule has 1 heterocycles. The number of rotatable bonds is 6. The second-order valence-electron chi connectivity index (χ2n) is 5.85. The van der Waals surface area contributed by atoms with Crippen molar-refractivity contribution in [2.45, 2.75) is 32.1 Å². The molecule has 1 aromatic heterocycles. The van der Waals surface area contributed by atoms with E-state index in [1.807, 2.05) is 18.5 Å². The van der Waals surface area contributed by atoms with E-state index in [2.05, 4.69) is 71.5 Å². The zero-order chi connectivity index (χ0) is 15.9. The Balaban J connectivity index is 1.91. The summed E-state index contributed by atoms with van der Waals surface area (Å²) in [6, 6.07) is 21.1. The first kappa shape index (κ1) is 15.4. The van der Waals surface area contributed by atoms with Crippen molar-refractivity contribution in [2.75, 3.05) is 0 Å². The van der Waals surface area contributed by atoms with Gasteiger partial charge in [0.15, 0.2) is 0 Å². The van der Waals surface area contributed by atoms with Gasteiger partial charge >= 0.3 is 0 Å². The summed E-state index contributed by atoms with van der Waals surface area (Å²) in [4.78, 5) is 9.32. The lowest BCUT2D eigenvalue weighted by Crippen LogP contribution is -2.09. The van der Waals surface area contributed by atoms with Gasteiger partial charge in [-0.2, -0.15) is 0 Å². The van der Waals surface area contributed by atoms with E-state index < -0.39 is 0 Å². The van der Waals surface area contributed by atoms with Gasteiger partial charge in [0.1, 0.15) is 5.82 Å². The van der Waals surface area contributed by atoms with Crippen LogP contribution in [0, 0.1) is 0 Å². The Morgan fingerprint density at radius 1 is 0.783 bits per heavy atom. The SMILES string of the molecule is CCCc1cnc(C(Cc2ccccc2)c2ccccc2)nc1. The van der Waals surface area contributed by atoms with Crippen LogP contribution >= 0.6 is 0 Å². The van der Waals surface area contributed by atoms with Gasteiger partial charge in [0.25, 0.3) is 0 Å². The predicted octanol–water partition coefficient (Wildman–Crippen LogP) is 4.80. The summed E-state index contributed by atoms with van der Waals surface area (Å²) in [6.45, 7) is 2.18. The van der Waals surface area contributed by atoms with E-state index in [1.54, 1.807) is 0 Å². The van der Waals surface area contributed by atoms with E-state index in [0.717, 1.165) is 25.1 Å². The topological polar surface area (TPSA) is 25.8 Å². The van der Waals surface area contributed by atoms with Crippen LogP contribution in [0.2, 0.25) is 0 Å². The number of hydrogen-bond acceptors (Lipinski definition) is 2. The highest BCUT2D eigenvalue weighted by atomic mass is 14.9. The molecule has 2 aromatic carbocycles. The van der Waals surface area contributed by atoms with Crippen LogP contribution in [0.25, 0.3) is 0 Å².